The van der Waals surface area contributed by atoms with Gasteiger partial charge in [-0.3, -0.25) is 9.69 Å². The first-order chi connectivity index (χ1) is 12.3. The van der Waals surface area contributed by atoms with E-state index in [4.69, 9.17) is 4.74 Å². The van der Waals surface area contributed by atoms with E-state index < -0.39 is 0 Å². The van der Waals surface area contributed by atoms with E-state index in [0.717, 1.165) is 13.1 Å². The molecule has 1 aromatic heterocycles. The van der Waals surface area contributed by atoms with Crippen LogP contribution in [-0.4, -0.2) is 42.0 Å². The number of carbonyl (C=O) groups is 1. The van der Waals surface area contributed by atoms with Gasteiger partial charge in [-0.25, -0.2) is 4.98 Å². The molecule has 3 rings (SSSR count). The van der Waals surface area contributed by atoms with Gasteiger partial charge in [-0.2, -0.15) is 0 Å². The first kappa shape index (κ1) is 17.4. The molecule has 5 heteroatoms. The molecule has 0 saturated carbocycles. The molecule has 1 saturated heterocycles. The zero-order valence-electron chi connectivity index (χ0n) is 14.6. The van der Waals surface area contributed by atoms with Crippen LogP contribution >= 0.6 is 0 Å². The van der Waals surface area contributed by atoms with Crippen LogP contribution in [0, 0.1) is 0 Å². The molecule has 0 spiro atoms. The van der Waals surface area contributed by atoms with Crippen LogP contribution in [0.4, 0.5) is 0 Å². The van der Waals surface area contributed by atoms with E-state index >= 15 is 0 Å². The average Bonchev–Trinajstić information content (AvgIpc) is 3.18. The van der Waals surface area contributed by atoms with Crippen LogP contribution in [0.5, 0.6) is 5.88 Å². The molecule has 2 heterocycles. The smallest absolute Gasteiger partial charge is 0.256 e. The minimum atomic E-state index is -0.142. The molecule has 1 atom stereocenters. The number of ether oxygens (including phenoxy) is 1. The minimum Gasteiger partial charge on any atom is -0.477 e. The molecular formula is C20H25N3O2. The van der Waals surface area contributed by atoms with Crippen LogP contribution < -0.4 is 10.1 Å². The second-order valence-corrected chi connectivity index (χ2v) is 6.17. The molecule has 25 heavy (non-hydrogen) atoms. The SMILES string of the molecule is CCOc1ncccc1C(=O)NCC(c1ccccc1)N1CCCC1. The molecule has 132 valence electrons. The lowest BCUT2D eigenvalue weighted by atomic mass is 10.1. The Morgan fingerprint density at radius 2 is 1.96 bits per heavy atom. The standard InChI is InChI=1S/C20H25N3O2/c1-2-25-20-17(11-8-12-21-20)19(24)22-15-18(23-13-6-7-14-23)16-9-4-3-5-10-16/h3-5,8-12,18H,2,6-7,13-15H2,1H3,(H,22,24). The highest BCUT2D eigenvalue weighted by Crippen LogP contribution is 2.24. The summed E-state index contributed by atoms with van der Waals surface area (Å²) in [7, 11) is 0. The highest BCUT2D eigenvalue weighted by Gasteiger charge is 2.24. The quantitative estimate of drug-likeness (QED) is 0.842. The number of rotatable bonds is 7. The predicted octanol–water partition coefficient (Wildman–Crippen LogP) is 3.05. The van der Waals surface area contributed by atoms with Gasteiger partial charge < -0.3 is 10.1 Å². The van der Waals surface area contributed by atoms with Gasteiger partial charge in [0.05, 0.1) is 12.6 Å². The maximum Gasteiger partial charge on any atom is 0.256 e. The van der Waals surface area contributed by atoms with Crippen molar-refractivity contribution >= 4 is 5.91 Å². The normalized spacial score (nSPS) is 15.7. The molecular weight excluding hydrogens is 314 g/mol. The molecule has 1 unspecified atom stereocenters. The van der Waals surface area contributed by atoms with Crippen molar-refractivity contribution in [1.29, 1.82) is 0 Å². The van der Waals surface area contributed by atoms with E-state index in [2.05, 4.69) is 39.5 Å². The number of nitrogens with zero attached hydrogens (tertiary/aromatic N) is 2. The van der Waals surface area contributed by atoms with Crippen molar-refractivity contribution in [2.45, 2.75) is 25.8 Å². The molecule has 0 aliphatic carbocycles. The van der Waals surface area contributed by atoms with E-state index in [1.165, 1.54) is 18.4 Å². The van der Waals surface area contributed by atoms with Gasteiger partial charge in [0.15, 0.2) is 0 Å². The second kappa shape index (κ2) is 8.62. The molecule has 1 aromatic carbocycles. The summed E-state index contributed by atoms with van der Waals surface area (Å²) in [5.74, 6) is 0.247. The molecule has 1 aliphatic heterocycles. The third kappa shape index (κ3) is 4.37. The van der Waals surface area contributed by atoms with Crippen molar-refractivity contribution < 1.29 is 9.53 Å². The third-order valence-corrected chi connectivity index (χ3v) is 4.52. The summed E-state index contributed by atoms with van der Waals surface area (Å²) in [5, 5.41) is 3.07. The number of nitrogens with one attached hydrogen (secondary N) is 1. The van der Waals surface area contributed by atoms with Gasteiger partial charge in [-0.05, 0) is 50.6 Å². The summed E-state index contributed by atoms with van der Waals surface area (Å²) >= 11 is 0. The van der Waals surface area contributed by atoms with Crippen LogP contribution in [0.15, 0.2) is 48.7 Å². The number of hydrogen-bond acceptors (Lipinski definition) is 4. The molecule has 5 nitrogen and oxygen atoms in total. The van der Waals surface area contributed by atoms with Crippen molar-refractivity contribution in [2.75, 3.05) is 26.2 Å². The molecule has 1 aliphatic rings. The Bertz CT molecular complexity index is 684. The van der Waals surface area contributed by atoms with Crippen LogP contribution in [0.25, 0.3) is 0 Å². The van der Waals surface area contributed by atoms with Crippen molar-refractivity contribution in [3.05, 3.63) is 59.8 Å². The summed E-state index contributed by atoms with van der Waals surface area (Å²) in [4.78, 5) is 19.2. The highest BCUT2D eigenvalue weighted by atomic mass is 16.5. The van der Waals surface area contributed by atoms with Gasteiger partial charge in [-0.15, -0.1) is 0 Å². The number of pyridine rings is 1. The number of aromatic nitrogens is 1. The van der Waals surface area contributed by atoms with Gasteiger partial charge >= 0.3 is 0 Å². The predicted molar refractivity (Wildman–Crippen MR) is 97.7 cm³/mol. The summed E-state index contributed by atoms with van der Waals surface area (Å²) in [5.41, 5.74) is 1.72. The molecule has 0 bridgehead atoms. The molecule has 0 radical (unpaired) electrons. The summed E-state index contributed by atoms with van der Waals surface area (Å²) in [6.07, 6.45) is 4.07. The summed E-state index contributed by atoms with van der Waals surface area (Å²) in [6, 6.07) is 14.1. The Kier molecular flexibility index (Phi) is 6.01. The Hall–Kier alpha value is -2.40. The molecule has 1 fully saturated rings. The fourth-order valence-corrected chi connectivity index (χ4v) is 3.29. The maximum atomic E-state index is 12.6. The van der Waals surface area contributed by atoms with Crippen molar-refractivity contribution in [3.63, 3.8) is 0 Å². The number of benzene rings is 1. The van der Waals surface area contributed by atoms with Gasteiger partial charge in [0.25, 0.3) is 5.91 Å². The Morgan fingerprint density at radius 1 is 1.20 bits per heavy atom. The van der Waals surface area contributed by atoms with Crippen LogP contribution in [0.3, 0.4) is 0 Å². The Labute approximate surface area is 149 Å². The van der Waals surface area contributed by atoms with Gasteiger partial charge in [0, 0.05) is 12.7 Å². The second-order valence-electron chi connectivity index (χ2n) is 6.17. The Balaban J connectivity index is 1.72. The number of amides is 1. The number of hydrogen-bond donors (Lipinski definition) is 1. The van der Waals surface area contributed by atoms with E-state index in [0.29, 0.717) is 24.6 Å². The van der Waals surface area contributed by atoms with Crippen molar-refractivity contribution in [3.8, 4) is 5.88 Å². The fourth-order valence-electron chi connectivity index (χ4n) is 3.29. The van der Waals surface area contributed by atoms with E-state index in [1.807, 2.05) is 13.0 Å². The van der Waals surface area contributed by atoms with Crippen LogP contribution in [0.1, 0.15) is 41.7 Å². The summed E-state index contributed by atoms with van der Waals surface area (Å²) < 4.78 is 5.47. The van der Waals surface area contributed by atoms with Crippen LogP contribution in [-0.2, 0) is 0 Å². The van der Waals surface area contributed by atoms with E-state index in [9.17, 15) is 4.79 Å². The van der Waals surface area contributed by atoms with Crippen LogP contribution in [0.2, 0.25) is 0 Å². The largest absolute Gasteiger partial charge is 0.477 e. The molecule has 1 amide bonds. The maximum absolute atomic E-state index is 12.6. The lowest BCUT2D eigenvalue weighted by molar-refractivity contribution is 0.0933. The lowest BCUT2D eigenvalue weighted by Crippen LogP contribution is -2.37. The van der Waals surface area contributed by atoms with Gasteiger partial charge in [0.1, 0.15) is 5.56 Å². The topological polar surface area (TPSA) is 54.5 Å². The van der Waals surface area contributed by atoms with Gasteiger partial charge in [0.2, 0.25) is 5.88 Å². The fraction of sp³-hybridized carbons (Fsp3) is 0.400. The number of carbonyl (C=O) groups excluding carboxylic acids is 1. The first-order valence-electron chi connectivity index (χ1n) is 8.94. The first-order valence-corrected chi connectivity index (χ1v) is 8.94. The monoisotopic (exact) mass is 339 g/mol. The molecule has 2 aromatic rings. The third-order valence-electron chi connectivity index (χ3n) is 4.52. The summed E-state index contributed by atoms with van der Waals surface area (Å²) in [6.45, 7) is 5.09. The van der Waals surface area contributed by atoms with E-state index in [1.54, 1.807) is 18.3 Å². The minimum absolute atomic E-state index is 0.142. The Morgan fingerprint density at radius 3 is 2.68 bits per heavy atom. The highest BCUT2D eigenvalue weighted by molar-refractivity contribution is 5.96. The zero-order valence-corrected chi connectivity index (χ0v) is 14.6. The van der Waals surface area contributed by atoms with Gasteiger partial charge in [-0.1, -0.05) is 30.3 Å². The zero-order chi connectivity index (χ0) is 17.5. The lowest BCUT2D eigenvalue weighted by Gasteiger charge is -2.28. The average molecular weight is 339 g/mol. The van der Waals surface area contributed by atoms with Crippen molar-refractivity contribution in [2.24, 2.45) is 0 Å². The van der Waals surface area contributed by atoms with Crippen molar-refractivity contribution in [1.82, 2.24) is 15.2 Å². The molecule has 1 N–H and O–H groups in total. The van der Waals surface area contributed by atoms with E-state index in [-0.39, 0.29) is 11.9 Å². The number of likely N-dealkylation sites (tertiary alicyclic amines) is 1.